The van der Waals surface area contributed by atoms with Gasteiger partial charge in [0.2, 0.25) is 0 Å². The minimum absolute atomic E-state index is 0.0471. The summed E-state index contributed by atoms with van der Waals surface area (Å²) in [5, 5.41) is 3.35. The number of piperidine rings is 1. The van der Waals surface area contributed by atoms with Gasteiger partial charge < -0.3 is 14.8 Å². The van der Waals surface area contributed by atoms with E-state index >= 15 is 0 Å². The molecule has 15 heavy (non-hydrogen) atoms. The lowest BCUT2D eigenvalue weighted by Crippen LogP contribution is -2.63. The van der Waals surface area contributed by atoms with Crippen molar-refractivity contribution in [3.8, 4) is 0 Å². The Balaban J connectivity index is 1.65. The Morgan fingerprint density at radius 3 is 2.53 bits per heavy atom. The molecule has 0 aliphatic carbocycles. The third kappa shape index (κ3) is 1.91. The topological polar surface area (TPSA) is 33.7 Å². The van der Waals surface area contributed by atoms with Crippen LogP contribution in [0.4, 0.5) is 0 Å². The number of ether oxygens (including phenoxy) is 2. The van der Waals surface area contributed by atoms with Crippen LogP contribution in [0.2, 0.25) is 0 Å². The summed E-state index contributed by atoms with van der Waals surface area (Å²) in [4.78, 5) is 2.61. The summed E-state index contributed by atoms with van der Waals surface area (Å²) in [6.45, 7) is 5.06. The Labute approximate surface area is 90.9 Å². The van der Waals surface area contributed by atoms with E-state index in [2.05, 4.69) is 10.2 Å². The fraction of sp³-hybridized carbons (Fsp3) is 1.00. The van der Waals surface area contributed by atoms with Gasteiger partial charge in [-0.3, -0.25) is 4.90 Å². The van der Waals surface area contributed by atoms with Crippen molar-refractivity contribution in [2.24, 2.45) is 0 Å². The lowest BCUT2D eigenvalue weighted by atomic mass is 9.97. The smallest absolute Gasteiger partial charge is 0.173 e. The largest absolute Gasteiger partial charge is 0.349 e. The molecule has 0 aromatic rings. The third-order valence-corrected chi connectivity index (χ3v) is 3.78. The first-order chi connectivity index (χ1) is 7.45. The molecule has 0 aromatic heterocycles. The van der Waals surface area contributed by atoms with Crippen molar-refractivity contribution in [3.05, 3.63) is 0 Å². The zero-order valence-corrected chi connectivity index (χ0v) is 9.15. The van der Waals surface area contributed by atoms with Crippen molar-refractivity contribution in [3.63, 3.8) is 0 Å². The molecule has 0 spiro atoms. The van der Waals surface area contributed by atoms with Crippen molar-refractivity contribution < 1.29 is 9.47 Å². The quantitative estimate of drug-likeness (QED) is 0.708. The highest BCUT2D eigenvalue weighted by atomic mass is 16.7. The molecule has 3 fully saturated rings. The predicted molar refractivity (Wildman–Crippen MR) is 56.7 cm³/mol. The molecule has 0 bridgehead atoms. The van der Waals surface area contributed by atoms with E-state index in [0.717, 1.165) is 32.3 Å². The zero-order chi connectivity index (χ0) is 10.1. The molecule has 1 N–H and O–H groups in total. The Morgan fingerprint density at radius 1 is 1.07 bits per heavy atom. The fourth-order valence-corrected chi connectivity index (χ4v) is 2.83. The van der Waals surface area contributed by atoms with Gasteiger partial charge in [-0.15, -0.1) is 0 Å². The second kappa shape index (κ2) is 4.37. The molecule has 1 unspecified atom stereocenters. The Hall–Kier alpha value is -0.160. The molecule has 4 nitrogen and oxygen atoms in total. The summed E-state index contributed by atoms with van der Waals surface area (Å²) in [5.74, 6) is 0. The van der Waals surface area contributed by atoms with Crippen molar-refractivity contribution >= 4 is 0 Å². The second-order valence-electron chi connectivity index (χ2n) is 4.72. The minimum Gasteiger partial charge on any atom is -0.349 e. The number of hydrogen-bond acceptors (Lipinski definition) is 4. The van der Waals surface area contributed by atoms with Gasteiger partial charge >= 0.3 is 0 Å². The van der Waals surface area contributed by atoms with Crippen LogP contribution in [0.15, 0.2) is 0 Å². The van der Waals surface area contributed by atoms with E-state index < -0.39 is 0 Å². The van der Waals surface area contributed by atoms with Gasteiger partial charge in [0, 0.05) is 19.1 Å². The van der Waals surface area contributed by atoms with Gasteiger partial charge in [-0.1, -0.05) is 6.42 Å². The first kappa shape index (κ1) is 10.0. The van der Waals surface area contributed by atoms with Gasteiger partial charge in [0.25, 0.3) is 0 Å². The molecule has 0 amide bonds. The van der Waals surface area contributed by atoms with Crippen molar-refractivity contribution in [1.29, 1.82) is 0 Å². The average molecular weight is 212 g/mol. The molecule has 3 heterocycles. The van der Waals surface area contributed by atoms with Crippen LogP contribution in [0.25, 0.3) is 0 Å². The highest BCUT2D eigenvalue weighted by molar-refractivity contribution is 4.92. The van der Waals surface area contributed by atoms with Crippen LogP contribution in [0, 0.1) is 0 Å². The number of hydrogen-bond donors (Lipinski definition) is 1. The molecule has 0 aromatic carbocycles. The molecular formula is C11H20N2O2. The first-order valence-electron chi connectivity index (χ1n) is 6.15. The van der Waals surface area contributed by atoms with Gasteiger partial charge in [0.15, 0.2) is 6.29 Å². The highest BCUT2D eigenvalue weighted by Crippen LogP contribution is 2.27. The van der Waals surface area contributed by atoms with Gasteiger partial charge in [-0.2, -0.15) is 0 Å². The number of nitrogens with zero attached hydrogens (tertiary/aromatic N) is 1. The zero-order valence-electron chi connectivity index (χ0n) is 9.15. The van der Waals surface area contributed by atoms with E-state index in [9.17, 15) is 0 Å². The Bertz CT molecular complexity index is 215. The van der Waals surface area contributed by atoms with E-state index in [1.807, 2.05) is 0 Å². The first-order valence-corrected chi connectivity index (χ1v) is 6.15. The van der Waals surface area contributed by atoms with Gasteiger partial charge in [0.1, 0.15) is 0 Å². The van der Waals surface area contributed by atoms with Crippen LogP contribution in [0.1, 0.15) is 19.3 Å². The summed E-state index contributed by atoms with van der Waals surface area (Å²) in [7, 11) is 0. The van der Waals surface area contributed by atoms with Crippen LogP contribution in [-0.4, -0.2) is 56.1 Å². The SMILES string of the molecule is C1CCN(C2CNC2)C(C2OCCO2)C1. The molecule has 3 rings (SSSR count). The standard InChI is InChI=1S/C11H20N2O2/c1-2-4-13(9-7-12-8-9)10(3-1)11-14-5-6-15-11/h9-12H,1-8H2. The van der Waals surface area contributed by atoms with Crippen LogP contribution in [0.3, 0.4) is 0 Å². The summed E-state index contributed by atoms with van der Waals surface area (Å²) < 4.78 is 11.3. The molecule has 3 aliphatic heterocycles. The van der Waals surface area contributed by atoms with E-state index in [1.165, 1.54) is 25.8 Å². The average Bonchev–Trinajstić information content (AvgIpc) is 2.69. The molecule has 3 saturated heterocycles. The van der Waals surface area contributed by atoms with Crippen molar-refractivity contribution in [2.75, 3.05) is 32.8 Å². The normalized spacial score (nSPS) is 35.6. The van der Waals surface area contributed by atoms with E-state index in [-0.39, 0.29) is 6.29 Å². The summed E-state index contributed by atoms with van der Waals surface area (Å²) in [5.41, 5.74) is 0. The third-order valence-electron chi connectivity index (χ3n) is 3.78. The lowest BCUT2D eigenvalue weighted by Gasteiger charge is -2.46. The predicted octanol–water partition coefficient (Wildman–Crippen LogP) is 0.186. The molecule has 86 valence electrons. The second-order valence-corrected chi connectivity index (χ2v) is 4.72. The van der Waals surface area contributed by atoms with Crippen LogP contribution in [0.5, 0.6) is 0 Å². The summed E-state index contributed by atoms with van der Waals surface area (Å²) >= 11 is 0. The van der Waals surface area contributed by atoms with E-state index in [1.54, 1.807) is 0 Å². The molecule has 4 heteroatoms. The number of rotatable bonds is 2. The molecule has 3 aliphatic rings. The van der Waals surface area contributed by atoms with Crippen molar-refractivity contribution in [1.82, 2.24) is 10.2 Å². The summed E-state index contributed by atoms with van der Waals surface area (Å²) in [6, 6.07) is 1.23. The van der Waals surface area contributed by atoms with Crippen LogP contribution < -0.4 is 5.32 Å². The molecule has 1 atom stereocenters. The maximum absolute atomic E-state index is 5.66. The van der Waals surface area contributed by atoms with Crippen LogP contribution >= 0.6 is 0 Å². The van der Waals surface area contributed by atoms with Crippen LogP contribution in [-0.2, 0) is 9.47 Å². The number of nitrogens with one attached hydrogen (secondary N) is 1. The number of likely N-dealkylation sites (tertiary alicyclic amines) is 1. The van der Waals surface area contributed by atoms with Crippen molar-refractivity contribution in [2.45, 2.75) is 37.6 Å². The lowest BCUT2D eigenvalue weighted by molar-refractivity contribution is -0.122. The van der Waals surface area contributed by atoms with Gasteiger partial charge in [-0.25, -0.2) is 0 Å². The maximum Gasteiger partial charge on any atom is 0.173 e. The van der Waals surface area contributed by atoms with E-state index in [4.69, 9.17) is 9.47 Å². The van der Waals surface area contributed by atoms with E-state index in [0.29, 0.717) is 6.04 Å². The Kier molecular flexibility index (Phi) is 2.92. The van der Waals surface area contributed by atoms with Gasteiger partial charge in [0.05, 0.1) is 19.3 Å². The molecular weight excluding hydrogens is 192 g/mol. The molecule has 0 radical (unpaired) electrons. The summed E-state index contributed by atoms with van der Waals surface area (Å²) in [6.07, 6.45) is 3.94. The monoisotopic (exact) mass is 212 g/mol. The minimum atomic E-state index is 0.0471. The maximum atomic E-state index is 5.66. The fourth-order valence-electron chi connectivity index (χ4n) is 2.83. The van der Waals surface area contributed by atoms with Gasteiger partial charge in [-0.05, 0) is 19.4 Å². The highest BCUT2D eigenvalue weighted by Gasteiger charge is 2.38. The Morgan fingerprint density at radius 2 is 1.87 bits per heavy atom. The molecule has 0 saturated carbocycles.